The lowest BCUT2D eigenvalue weighted by molar-refractivity contribution is 0.405. The van der Waals surface area contributed by atoms with Crippen molar-refractivity contribution in [3.63, 3.8) is 0 Å². The summed E-state index contributed by atoms with van der Waals surface area (Å²) in [7, 11) is 0. The Morgan fingerprint density at radius 3 is 2.40 bits per heavy atom. The molecule has 0 atom stereocenters. The third-order valence-corrected chi connectivity index (χ3v) is 3.18. The predicted molar refractivity (Wildman–Crippen MR) is 65.8 cm³/mol. The summed E-state index contributed by atoms with van der Waals surface area (Å²) in [5.74, 6) is 0.680. The van der Waals surface area contributed by atoms with Crippen molar-refractivity contribution in [2.45, 2.75) is 32.1 Å². The fraction of sp³-hybridized carbons (Fsp3) is 0.429. The molecule has 1 aliphatic carbocycles. The van der Waals surface area contributed by atoms with Crippen molar-refractivity contribution in [1.82, 2.24) is 0 Å². The van der Waals surface area contributed by atoms with E-state index in [4.69, 9.17) is 0 Å². The summed E-state index contributed by atoms with van der Waals surface area (Å²) in [6, 6.07) is 10.3. The average Bonchev–Trinajstić information content (AvgIpc) is 2.31. The summed E-state index contributed by atoms with van der Waals surface area (Å²) in [6.07, 6.45) is 6.73. The molecule has 1 saturated carbocycles. The van der Waals surface area contributed by atoms with Crippen LogP contribution in [0.5, 0.6) is 0 Å². The van der Waals surface area contributed by atoms with E-state index < -0.39 is 0 Å². The van der Waals surface area contributed by atoms with Gasteiger partial charge in [-0.15, -0.1) is 0 Å². The maximum atomic E-state index is 4.16. The molecule has 1 N–H and O–H groups in total. The van der Waals surface area contributed by atoms with Gasteiger partial charge in [-0.1, -0.05) is 44.0 Å². The van der Waals surface area contributed by atoms with E-state index in [-0.39, 0.29) is 0 Å². The van der Waals surface area contributed by atoms with Crippen LogP contribution in [0.15, 0.2) is 42.6 Å². The second-order valence-corrected chi connectivity index (χ2v) is 4.35. The summed E-state index contributed by atoms with van der Waals surface area (Å²) in [6.45, 7) is 4.16. The molecule has 0 aromatic heterocycles. The third-order valence-electron chi connectivity index (χ3n) is 3.18. The number of hydrogen-bond donors (Lipinski definition) is 1. The van der Waals surface area contributed by atoms with Crippen LogP contribution in [-0.2, 0) is 0 Å². The van der Waals surface area contributed by atoms with Crippen molar-refractivity contribution in [3.8, 4) is 0 Å². The number of nitrogens with one attached hydrogen (secondary N) is 1. The van der Waals surface area contributed by atoms with Crippen LogP contribution in [0.1, 0.15) is 32.1 Å². The standard InChI is InChI=1S/C14H19N/c1-12(13-8-4-2-5-9-13)15-14-10-6-3-7-11-14/h3,6-7,10-11,13,15H,1-2,4-5,8-9H2. The van der Waals surface area contributed by atoms with Gasteiger partial charge in [0, 0.05) is 11.4 Å². The SMILES string of the molecule is C=C(Nc1ccccc1)C1CCCCC1. The number of rotatable bonds is 3. The Bertz CT molecular complexity index is 309. The van der Waals surface area contributed by atoms with E-state index in [0.717, 1.165) is 5.69 Å². The maximum absolute atomic E-state index is 4.16. The molecule has 80 valence electrons. The van der Waals surface area contributed by atoms with E-state index in [1.54, 1.807) is 0 Å². The second kappa shape index (κ2) is 5.01. The molecule has 1 aliphatic rings. The highest BCUT2D eigenvalue weighted by molar-refractivity contribution is 5.47. The van der Waals surface area contributed by atoms with Gasteiger partial charge >= 0.3 is 0 Å². The minimum absolute atomic E-state index is 0.680. The molecule has 0 saturated heterocycles. The van der Waals surface area contributed by atoms with Gasteiger partial charge in [0.25, 0.3) is 0 Å². The van der Waals surface area contributed by atoms with Gasteiger partial charge < -0.3 is 5.32 Å². The highest BCUT2D eigenvalue weighted by Gasteiger charge is 2.16. The molecule has 0 radical (unpaired) electrons. The summed E-state index contributed by atoms with van der Waals surface area (Å²) in [5, 5.41) is 3.42. The topological polar surface area (TPSA) is 12.0 Å². The molecular formula is C14H19N. The molecule has 0 heterocycles. The van der Waals surface area contributed by atoms with Crippen LogP contribution >= 0.6 is 0 Å². The fourth-order valence-corrected chi connectivity index (χ4v) is 2.26. The first-order valence-corrected chi connectivity index (χ1v) is 5.87. The minimum atomic E-state index is 0.680. The molecule has 0 spiro atoms. The quantitative estimate of drug-likeness (QED) is 0.773. The van der Waals surface area contributed by atoms with E-state index in [2.05, 4.69) is 36.2 Å². The highest BCUT2D eigenvalue weighted by atomic mass is 14.9. The third kappa shape index (κ3) is 2.85. The van der Waals surface area contributed by atoms with Crippen molar-refractivity contribution in [3.05, 3.63) is 42.6 Å². The summed E-state index contributed by atoms with van der Waals surface area (Å²) in [4.78, 5) is 0. The molecule has 1 aromatic carbocycles. The molecule has 2 rings (SSSR count). The normalized spacial score (nSPS) is 17.3. The number of allylic oxidation sites excluding steroid dienone is 1. The Balaban J connectivity index is 1.91. The fourth-order valence-electron chi connectivity index (χ4n) is 2.26. The molecule has 15 heavy (non-hydrogen) atoms. The molecular weight excluding hydrogens is 182 g/mol. The van der Waals surface area contributed by atoms with Crippen molar-refractivity contribution < 1.29 is 0 Å². The highest BCUT2D eigenvalue weighted by Crippen LogP contribution is 2.29. The lowest BCUT2D eigenvalue weighted by Gasteiger charge is -2.24. The van der Waals surface area contributed by atoms with Crippen molar-refractivity contribution in [2.24, 2.45) is 5.92 Å². The number of para-hydroxylation sites is 1. The Labute approximate surface area is 92.2 Å². The van der Waals surface area contributed by atoms with Crippen LogP contribution in [0.4, 0.5) is 5.69 Å². The predicted octanol–water partition coefficient (Wildman–Crippen LogP) is 4.19. The molecule has 1 aromatic rings. The van der Waals surface area contributed by atoms with Gasteiger partial charge in [0.1, 0.15) is 0 Å². The van der Waals surface area contributed by atoms with Gasteiger partial charge in [0.2, 0.25) is 0 Å². The van der Waals surface area contributed by atoms with E-state index in [0.29, 0.717) is 5.92 Å². The van der Waals surface area contributed by atoms with Gasteiger partial charge in [-0.2, -0.15) is 0 Å². The molecule has 1 fully saturated rings. The maximum Gasteiger partial charge on any atom is 0.0381 e. The number of benzene rings is 1. The molecule has 1 heteroatoms. The van der Waals surface area contributed by atoms with E-state index in [1.165, 1.54) is 37.8 Å². The zero-order valence-electron chi connectivity index (χ0n) is 9.21. The Morgan fingerprint density at radius 2 is 1.73 bits per heavy atom. The van der Waals surface area contributed by atoms with E-state index in [1.807, 2.05) is 6.07 Å². The van der Waals surface area contributed by atoms with Gasteiger partial charge in [-0.25, -0.2) is 0 Å². The molecule has 0 unspecified atom stereocenters. The number of anilines is 1. The van der Waals surface area contributed by atoms with Gasteiger partial charge in [-0.3, -0.25) is 0 Å². The smallest absolute Gasteiger partial charge is 0.0381 e. The van der Waals surface area contributed by atoms with Crippen molar-refractivity contribution >= 4 is 5.69 Å². The molecule has 0 amide bonds. The average molecular weight is 201 g/mol. The molecule has 0 bridgehead atoms. The van der Waals surface area contributed by atoms with Gasteiger partial charge in [0.05, 0.1) is 0 Å². The van der Waals surface area contributed by atoms with E-state index in [9.17, 15) is 0 Å². The first-order valence-electron chi connectivity index (χ1n) is 5.87. The van der Waals surface area contributed by atoms with Crippen molar-refractivity contribution in [1.29, 1.82) is 0 Å². The lowest BCUT2D eigenvalue weighted by atomic mass is 9.87. The second-order valence-electron chi connectivity index (χ2n) is 4.35. The summed E-state index contributed by atoms with van der Waals surface area (Å²) >= 11 is 0. The van der Waals surface area contributed by atoms with Gasteiger partial charge in [-0.05, 0) is 30.9 Å². The van der Waals surface area contributed by atoms with Crippen LogP contribution in [0.25, 0.3) is 0 Å². The van der Waals surface area contributed by atoms with Crippen LogP contribution < -0.4 is 5.32 Å². The monoisotopic (exact) mass is 201 g/mol. The lowest BCUT2D eigenvalue weighted by Crippen LogP contribution is -2.14. The Hall–Kier alpha value is -1.24. The summed E-state index contributed by atoms with van der Waals surface area (Å²) in [5.41, 5.74) is 2.36. The molecule has 1 nitrogen and oxygen atoms in total. The number of hydrogen-bond acceptors (Lipinski definition) is 1. The zero-order chi connectivity index (χ0) is 10.5. The zero-order valence-corrected chi connectivity index (χ0v) is 9.21. The van der Waals surface area contributed by atoms with E-state index >= 15 is 0 Å². The Morgan fingerprint density at radius 1 is 1.07 bits per heavy atom. The van der Waals surface area contributed by atoms with Crippen LogP contribution in [0.3, 0.4) is 0 Å². The van der Waals surface area contributed by atoms with Crippen LogP contribution in [0.2, 0.25) is 0 Å². The van der Waals surface area contributed by atoms with Crippen LogP contribution in [-0.4, -0.2) is 0 Å². The van der Waals surface area contributed by atoms with Crippen LogP contribution in [0, 0.1) is 5.92 Å². The Kier molecular flexibility index (Phi) is 3.44. The first kappa shape index (κ1) is 10.3. The van der Waals surface area contributed by atoms with Crippen molar-refractivity contribution in [2.75, 3.05) is 5.32 Å². The largest absolute Gasteiger partial charge is 0.359 e. The van der Waals surface area contributed by atoms with Gasteiger partial charge in [0.15, 0.2) is 0 Å². The minimum Gasteiger partial charge on any atom is -0.359 e. The first-order chi connectivity index (χ1) is 7.36. The molecule has 0 aliphatic heterocycles. The summed E-state index contributed by atoms with van der Waals surface area (Å²) < 4.78 is 0.